The first-order chi connectivity index (χ1) is 9.29. The van der Waals surface area contributed by atoms with Gasteiger partial charge in [0.2, 0.25) is 0 Å². The Morgan fingerprint density at radius 3 is 2.89 bits per heavy atom. The maximum Gasteiger partial charge on any atom is 0.169 e. The molecule has 0 aliphatic rings. The van der Waals surface area contributed by atoms with Gasteiger partial charge in [0.15, 0.2) is 5.16 Å². The van der Waals surface area contributed by atoms with E-state index in [1.54, 1.807) is 18.1 Å². The van der Waals surface area contributed by atoms with Crippen LogP contribution in [0.25, 0.3) is 11.0 Å². The van der Waals surface area contributed by atoms with E-state index in [2.05, 4.69) is 32.6 Å². The second-order valence-corrected chi connectivity index (χ2v) is 5.17. The molecule has 0 saturated carbocycles. The molecule has 0 atom stereocenters. The molecule has 6 heteroatoms. The van der Waals surface area contributed by atoms with E-state index in [1.807, 2.05) is 29.9 Å². The van der Waals surface area contributed by atoms with Gasteiger partial charge in [-0.05, 0) is 19.1 Å². The van der Waals surface area contributed by atoms with Crippen molar-refractivity contribution in [1.29, 1.82) is 0 Å². The van der Waals surface area contributed by atoms with Gasteiger partial charge in [-0.15, -0.1) is 0 Å². The maximum atomic E-state index is 4.64. The van der Waals surface area contributed by atoms with Crippen molar-refractivity contribution in [3.63, 3.8) is 0 Å². The Hall–Kier alpha value is -1.82. The molecule has 0 fully saturated rings. The molecule has 3 rings (SSSR count). The van der Waals surface area contributed by atoms with E-state index in [9.17, 15) is 0 Å². The standard InChI is InChI=1S/C13H15N5S/c1-3-18-12(14-9-15-18)8-19-13-16-10-6-4-5-7-11(10)17(13)2/h4-7,9H,3,8H2,1-2H3. The van der Waals surface area contributed by atoms with E-state index in [0.717, 1.165) is 34.3 Å². The van der Waals surface area contributed by atoms with Gasteiger partial charge in [0.1, 0.15) is 12.2 Å². The summed E-state index contributed by atoms with van der Waals surface area (Å²) in [6, 6.07) is 8.17. The van der Waals surface area contributed by atoms with Crippen LogP contribution in [-0.4, -0.2) is 24.3 Å². The van der Waals surface area contributed by atoms with Gasteiger partial charge in [-0.1, -0.05) is 23.9 Å². The Balaban J connectivity index is 1.84. The summed E-state index contributed by atoms with van der Waals surface area (Å²) < 4.78 is 4.03. The molecule has 0 radical (unpaired) electrons. The summed E-state index contributed by atoms with van der Waals surface area (Å²) in [6.07, 6.45) is 1.61. The van der Waals surface area contributed by atoms with Crippen LogP contribution in [0.1, 0.15) is 12.7 Å². The largest absolute Gasteiger partial charge is 0.322 e. The molecule has 0 spiro atoms. The molecule has 2 aromatic heterocycles. The summed E-state index contributed by atoms with van der Waals surface area (Å²) in [4.78, 5) is 8.92. The summed E-state index contributed by atoms with van der Waals surface area (Å²) in [6.45, 7) is 2.91. The minimum absolute atomic E-state index is 0.783. The number of hydrogen-bond donors (Lipinski definition) is 0. The lowest BCUT2D eigenvalue weighted by Gasteiger charge is -2.03. The normalized spacial score (nSPS) is 11.3. The third-order valence-corrected chi connectivity index (χ3v) is 4.10. The molecular weight excluding hydrogens is 258 g/mol. The summed E-state index contributed by atoms with van der Waals surface area (Å²) >= 11 is 1.69. The van der Waals surface area contributed by atoms with Crippen LogP contribution in [0.2, 0.25) is 0 Å². The zero-order valence-corrected chi connectivity index (χ0v) is 11.8. The minimum atomic E-state index is 0.783. The summed E-state index contributed by atoms with van der Waals surface area (Å²) in [7, 11) is 2.04. The lowest BCUT2D eigenvalue weighted by molar-refractivity contribution is 0.632. The molecule has 0 aliphatic heterocycles. The van der Waals surface area contributed by atoms with Crippen LogP contribution in [0.4, 0.5) is 0 Å². The predicted molar refractivity (Wildman–Crippen MR) is 76.0 cm³/mol. The van der Waals surface area contributed by atoms with Crippen LogP contribution >= 0.6 is 11.8 Å². The van der Waals surface area contributed by atoms with Crippen LogP contribution in [-0.2, 0) is 19.3 Å². The number of fused-ring (bicyclic) bond motifs is 1. The number of para-hydroxylation sites is 2. The van der Waals surface area contributed by atoms with E-state index in [4.69, 9.17) is 0 Å². The van der Waals surface area contributed by atoms with E-state index >= 15 is 0 Å². The molecule has 0 unspecified atom stereocenters. The van der Waals surface area contributed by atoms with E-state index in [0.29, 0.717) is 0 Å². The fourth-order valence-corrected chi connectivity index (χ4v) is 2.98. The van der Waals surface area contributed by atoms with Crippen molar-refractivity contribution in [1.82, 2.24) is 24.3 Å². The Morgan fingerprint density at radius 1 is 1.26 bits per heavy atom. The van der Waals surface area contributed by atoms with Gasteiger partial charge in [-0.2, -0.15) is 5.10 Å². The maximum absolute atomic E-state index is 4.64. The number of aromatic nitrogens is 5. The fraction of sp³-hybridized carbons (Fsp3) is 0.308. The third kappa shape index (κ3) is 2.23. The lowest BCUT2D eigenvalue weighted by atomic mass is 10.3. The first-order valence-corrected chi connectivity index (χ1v) is 7.19. The zero-order chi connectivity index (χ0) is 13.2. The molecule has 1 aromatic carbocycles. The van der Waals surface area contributed by atoms with Gasteiger partial charge in [0.05, 0.1) is 16.8 Å². The van der Waals surface area contributed by atoms with Crippen molar-refractivity contribution in [2.45, 2.75) is 24.4 Å². The van der Waals surface area contributed by atoms with Crippen LogP contribution in [0.3, 0.4) is 0 Å². The first-order valence-electron chi connectivity index (χ1n) is 6.20. The number of benzene rings is 1. The van der Waals surface area contributed by atoms with E-state index in [-0.39, 0.29) is 0 Å². The average Bonchev–Trinajstić information content (AvgIpc) is 3.01. The quantitative estimate of drug-likeness (QED) is 0.685. The van der Waals surface area contributed by atoms with Crippen LogP contribution in [0, 0.1) is 0 Å². The van der Waals surface area contributed by atoms with E-state index in [1.165, 1.54) is 0 Å². The Bertz CT molecular complexity index is 700. The highest BCUT2D eigenvalue weighted by Gasteiger charge is 2.10. The smallest absolute Gasteiger partial charge is 0.169 e. The highest BCUT2D eigenvalue weighted by molar-refractivity contribution is 7.98. The third-order valence-electron chi connectivity index (χ3n) is 3.07. The van der Waals surface area contributed by atoms with Gasteiger partial charge in [-0.25, -0.2) is 14.6 Å². The molecule has 19 heavy (non-hydrogen) atoms. The molecule has 0 N–H and O–H groups in total. The van der Waals surface area contributed by atoms with Gasteiger partial charge in [0, 0.05) is 13.6 Å². The number of nitrogens with zero attached hydrogens (tertiary/aromatic N) is 5. The molecule has 0 amide bonds. The molecule has 2 heterocycles. The summed E-state index contributed by atoms with van der Waals surface area (Å²) in [5.41, 5.74) is 2.19. The Morgan fingerprint density at radius 2 is 2.11 bits per heavy atom. The SMILES string of the molecule is CCn1ncnc1CSc1nc2ccccc2n1C. The minimum Gasteiger partial charge on any atom is -0.322 e. The summed E-state index contributed by atoms with van der Waals surface area (Å²) in [5, 5.41) is 5.18. The van der Waals surface area contributed by atoms with Crippen molar-refractivity contribution in [3.8, 4) is 0 Å². The van der Waals surface area contributed by atoms with Gasteiger partial charge >= 0.3 is 0 Å². The van der Waals surface area contributed by atoms with Crippen molar-refractivity contribution in [2.24, 2.45) is 7.05 Å². The van der Waals surface area contributed by atoms with Crippen LogP contribution in [0.15, 0.2) is 35.7 Å². The van der Waals surface area contributed by atoms with Crippen molar-refractivity contribution < 1.29 is 0 Å². The Labute approximate surface area is 115 Å². The second-order valence-electron chi connectivity index (χ2n) is 4.22. The van der Waals surface area contributed by atoms with Crippen molar-refractivity contribution in [3.05, 3.63) is 36.4 Å². The first kappa shape index (κ1) is 12.2. The molecular formula is C13H15N5S. The fourth-order valence-electron chi connectivity index (χ4n) is 2.05. The number of rotatable bonds is 4. The molecule has 0 bridgehead atoms. The lowest BCUT2D eigenvalue weighted by Crippen LogP contribution is -2.02. The monoisotopic (exact) mass is 273 g/mol. The van der Waals surface area contributed by atoms with Crippen LogP contribution < -0.4 is 0 Å². The van der Waals surface area contributed by atoms with Gasteiger partial charge < -0.3 is 4.57 Å². The topological polar surface area (TPSA) is 48.5 Å². The highest BCUT2D eigenvalue weighted by atomic mass is 32.2. The van der Waals surface area contributed by atoms with Crippen molar-refractivity contribution in [2.75, 3.05) is 0 Å². The molecule has 5 nitrogen and oxygen atoms in total. The number of imidazole rings is 1. The molecule has 0 aliphatic carbocycles. The number of aryl methyl sites for hydroxylation is 2. The van der Waals surface area contributed by atoms with Gasteiger partial charge in [-0.3, -0.25) is 0 Å². The average molecular weight is 273 g/mol. The molecule has 3 aromatic rings. The molecule has 98 valence electrons. The second kappa shape index (κ2) is 5.05. The predicted octanol–water partition coefficient (Wildman–Crippen LogP) is 2.48. The van der Waals surface area contributed by atoms with E-state index < -0.39 is 0 Å². The molecule has 0 saturated heterocycles. The highest BCUT2D eigenvalue weighted by Crippen LogP contribution is 2.24. The summed E-state index contributed by atoms with van der Waals surface area (Å²) in [5.74, 6) is 1.77. The Kier molecular flexibility index (Phi) is 3.25. The number of thioether (sulfide) groups is 1. The zero-order valence-electron chi connectivity index (χ0n) is 10.9. The van der Waals surface area contributed by atoms with Crippen LogP contribution in [0.5, 0.6) is 0 Å². The van der Waals surface area contributed by atoms with Gasteiger partial charge in [0.25, 0.3) is 0 Å². The van der Waals surface area contributed by atoms with Crippen molar-refractivity contribution >= 4 is 22.8 Å². The number of hydrogen-bond acceptors (Lipinski definition) is 4.